The molecule has 10 heteroatoms. The van der Waals surface area contributed by atoms with E-state index >= 15 is 0 Å². The topological polar surface area (TPSA) is 88.5 Å². The van der Waals surface area contributed by atoms with Crippen molar-refractivity contribution in [2.75, 3.05) is 19.1 Å². The van der Waals surface area contributed by atoms with Crippen molar-refractivity contribution in [2.45, 2.75) is 25.5 Å². The molecule has 2 N–H and O–H groups in total. The molecule has 3 aromatic carbocycles. The van der Waals surface area contributed by atoms with Crippen molar-refractivity contribution in [2.24, 2.45) is 0 Å². The summed E-state index contributed by atoms with van der Waals surface area (Å²) in [5, 5.41) is 13.9. The Labute approximate surface area is 259 Å². The van der Waals surface area contributed by atoms with Crippen LogP contribution in [0.25, 0.3) is 21.7 Å². The number of thiazole rings is 1. The van der Waals surface area contributed by atoms with Crippen molar-refractivity contribution < 1.29 is 38.3 Å². The molecule has 6 nitrogen and oxygen atoms in total. The molecule has 2 atom stereocenters. The van der Waals surface area contributed by atoms with Crippen LogP contribution >= 0.6 is 34.7 Å². The summed E-state index contributed by atoms with van der Waals surface area (Å²) >= 11 is 9.11. The van der Waals surface area contributed by atoms with E-state index in [0.29, 0.717) is 28.3 Å². The molecule has 202 valence electrons. The number of aryl methyl sites for hydroxylation is 1. The van der Waals surface area contributed by atoms with Gasteiger partial charge in [0, 0.05) is 29.5 Å². The molecule has 2 unspecified atom stereocenters. The Hall–Kier alpha value is -2.57. The minimum absolute atomic E-state index is 0. The number of aromatic nitrogens is 1. The zero-order chi connectivity index (χ0) is 27.9. The molecule has 1 heterocycles. The van der Waals surface area contributed by atoms with E-state index in [1.165, 1.54) is 11.3 Å². The number of rotatable bonds is 11. The molecule has 0 saturated carbocycles. The van der Waals surface area contributed by atoms with E-state index in [2.05, 4.69) is 10.3 Å². The third-order valence-electron chi connectivity index (χ3n) is 6.35. The van der Waals surface area contributed by atoms with Gasteiger partial charge in [0.1, 0.15) is 17.2 Å². The smallest absolute Gasteiger partial charge is 0.480 e. The van der Waals surface area contributed by atoms with Gasteiger partial charge in [-0.05, 0) is 71.9 Å². The Morgan fingerprint density at radius 2 is 1.82 bits per heavy atom. The van der Waals surface area contributed by atoms with Gasteiger partial charge >= 0.3 is 24.8 Å². The zero-order valence-electron chi connectivity index (χ0n) is 22.8. The van der Waals surface area contributed by atoms with Crippen molar-refractivity contribution in [3.05, 3.63) is 99.5 Å². The Bertz CT molecular complexity index is 1460. The number of thioether (sulfide) groups is 1. The SMILES string of the molecule is COC(c1ccc(C(=O)NC(CCSC)C(=O)O)c(-c2ccccc2C)c1)c1cnc(-c2ccc(Cl)cc2)s1.[Li+]. The average molecular weight is 588 g/mol. The van der Waals surface area contributed by atoms with Gasteiger partial charge in [-0.15, -0.1) is 11.3 Å². The molecule has 0 radical (unpaired) electrons. The van der Waals surface area contributed by atoms with Gasteiger partial charge in [0.15, 0.2) is 0 Å². The molecule has 0 bridgehead atoms. The number of hydrogen-bond donors (Lipinski definition) is 2. The quantitative estimate of drug-likeness (QED) is 0.257. The number of carbonyl (C=O) groups excluding carboxylic acids is 1. The molecule has 4 rings (SSSR count). The third kappa shape index (κ3) is 7.58. The van der Waals surface area contributed by atoms with E-state index in [9.17, 15) is 14.7 Å². The molecule has 1 amide bonds. The van der Waals surface area contributed by atoms with Gasteiger partial charge < -0.3 is 15.2 Å². The molecule has 1 aromatic heterocycles. The van der Waals surface area contributed by atoms with Gasteiger partial charge in [-0.25, -0.2) is 9.78 Å². The summed E-state index contributed by atoms with van der Waals surface area (Å²) in [7, 11) is 1.64. The Morgan fingerprint density at radius 1 is 1.10 bits per heavy atom. The first-order valence-electron chi connectivity index (χ1n) is 12.3. The number of carboxylic acids is 1. The van der Waals surface area contributed by atoms with Crippen LogP contribution < -0.4 is 24.2 Å². The average Bonchev–Trinajstić information content (AvgIpc) is 3.41. The second-order valence-electron chi connectivity index (χ2n) is 8.96. The first-order valence-corrected chi connectivity index (χ1v) is 14.9. The van der Waals surface area contributed by atoms with E-state index in [1.54, 1.807) is 31.1 Å². The molecule has 0 saturated heterocycles. The number of hydrogen-bond acceptors (Lipinski definition) is 6. The van der Waals surface area contributed by atoms with Crippen LogP contribution in [0.5, 0.6) is 0 Å². The van der Waals surface area contributed by atoms with Crippen LogP contribution in [0.2, 0.25) is 5.02 Å². The Kier molecular flexibility index (Phi) is 11.9. The normalized spacial score (nSPS) is 12.3. The number of halogens is 1. The van der Waals surface area contributed by atoms with Crippen LogP contribution in [0, 0.1) is 6.92 Å². The van der Waals surface area contributed by atoms with Crippen LogP contribution in [0.15, 0.2) is 72.9 Å². The Balaban J connectivity index is 0.00000441. The maximum Gasteiger partial charge on any atom is 1.00 e. The predicted molar refractivity (Wildman–Crippen MR) is 160 cm³/mol. The van der Waals surface area contributed by atoms with Gasteiger partial charge in [-0.1, -0.05) is 54.1 Å². The van der Waals surface area contributed by atoms with Gasteiger partial charge in [-0.2, -0.15) is 11.8 Å². The molecule has 40 heavy (non-hydrogen) atoms. The standard InChI is InChI=1S/C30H29ClN2O4S2.Li/c1-18-6-4-5-7-22(18)24-16-20(10-13-23(24)28(34)33-25(30(35)36)14-15-38-3)27(37-2)26-17-32-29(39-26)19-8-11-21(31)12-9-19;/h4-13,16-17,25,27H,14-15H2,1-3H3,(H,33,34)(H,35,36);/q;+1. The second-order valence-corrected chi connectivity index (χ2v) is 11.4. The summed E-state index contributed by atoms with van der Waals surface area (Å²) in [4.78, 5) is 30.7. The number of nitrogens with one attached hydrogen (secondary N) is 1. The fourth-order valence-electron chi connectivity index (χ4n) is 4.30. The fourth-order valence-corrected chi connectivity index (χ4v) is 5.92. The first-order chi connectivity index (χ1) is 18.8. The third-order valence-corrected chi connectivity index (χ3v) is 8.33. The molecule has 4 aromatic rings. The molecular formula is C30H29ClLiN2O4S2+. The van der Waals surface area contributed by atoms with Crippen LogP contribution in [0.1, 0.15) is 38.9 Å². The first kappa shape index (κ1) is 31.9. The monoisotopic (exact) mass is 587 g/mol. The van der Waals surface area contributed by atoms with Crippen LogP contribution in [0.4, 0.5) is 0 Å². The van der Waals surface area contributed by atoms with Crippen LogP contribution in [-0.2, 0) is 9.53 Å². The molecule has 0 fully saturated rings. The number of carbonyl (C=O) groups is 2. The van der Waals surface area contributed by atoms with E-state index in [1.807, 2.05) is 73.8 Å². The van der Waals surface area contributed by atoms with Crippen molar-refractivity contribution in [3.63, 3.8) is 0 Å². The van der Waals surface area contributed by atoms with E-state index in [4.69, 9.17) is 16.3 Å². The number of aliphatic carboxylic acids is 1. The van der Waals surface area contributed by atoms with Crippen molar-refractivity contribution in [1.29, 1.82) is 0 Å². The Morgan fingerprint density at radius 3 is 2.48 bits per heavy atom. The fraction of sp³-hybridized carbons (Fsp3) is 0.233. The number of ether oxygens (including phenoxy) is 1. The van der Waals surface area contributed by atoms with Crippen molar-refractivity contribution in [1.82, 2.24) is 10.3 Å². The minimum atomic E-state index is -1.05. The number of amides is 1. The van der Waals surface area contributed by atoms with Gasteiger partial charge in [0.25, 0.3) is 5.91 Å². The van der Waals surface area contributed by atoms with Gasteiger partial charge in [0.2, 0.25) is 0 Å². The minimum Gasteiger partial charge on any atom is -0.480 e. The summed E-state index contributed by atoms with van der Waals surface area (Å²) in [6.45, 7) is 1.98. The summed E-state index contributed by atoms with van der Waals surface area (Å²) < 4.78 is 5.92. The molecule has 0 aliphatic carbocycles. The van der Waals surface area contributed by atoms with E-state index in [0.717, 1.165) is 32.1 Å². The summed E-state index contributed by atoms with van der Waals surface area (Å²) in [5.41, 5.74) is 4.83. The molecule has 0 aliphatic rings. The maximum atomic E-state index is 13.4. The summed E-state index contributed by atoms with van der Waals surface area (Å²) in [5.74, 6) is -0.846. The predicted octanol–water partition coefficient (Wildman–Crippen LogP) is 4.11. The molecule has 0 aliphatic heterocycles. The van der Waals surface area contributed by atoms with Crippen LogP contribution in [0.3, 0.4) is 0 Å². The van der Waals surface area contributed by atoms with E-state index < -0.39 is 24.0 Å². The number of methoxy groups -OCH3 is 1. The number of benzene rings is 3. The summed E-state index contributed by atoms with van der Waals surface area (Å²) in [6.07, 6.45) is 3.65. The van der Waals surface area contributed by atoms with Crippen LogP contribution in [-0.4, -0.2) is 47.1 Å². The molecule has 0 spiro atoms. The number of carboxylic acid groups (broad SMARTS) is 1. The second kappa shape index (κ2) is 14.9. The van der Waals surface area contributed by atoms with Crippen molar-refractivity contribution in [3.8, 4) is 21.7 Å². The summed E-state index contributed by atoms with van der Waals surface area (Å²) in [6, 6.07) is 19.9. The van der Waals surface area contributed by atoms with E-state index in [-0.39, 0.29) is 18.9 Å². The van der Waals surface area contributed by atoms with Crippen molar-refractivity contribution >= 4 is 46.6 Å². The van der Waals surface area contributed by atoms with Gasteiger partial charge in [0.05, 0.1) is 4.88 Å². The van der Waals surface area contributed by atoms with Gasteiger partial charge in [-0.3, -0.25) is 4.79 Å². The maximum absolute atomic E-state index is 13.4. The largest absolute Gasteiger partial charge is 1.00 e. The molecular weight excluding hydrogens is 559 g/mol. The number of nitrogens with zero attached hydrogens (tertiary/aromatic N) is 1. The zero-order valence-corrected chi connectivity index (χ0v) is 25.2.